The van der Waals surface area contributed by atoms with Crippen LogP contribution in [0, 0.1) is 0 Å². The van der Waals surface area contributed by atoms with Crippen molar-refractivity contribution in [2.75, 3.05) is 27.3 Å². The van der Waals surface area contributed by atoms with Crippen LogP contribution in [0.15, 0.2) is 54.9 Å². The number of para-hydroxylation sites is 2. The Labute approximate surface area is 197 Å². The summed E-state index contributed by atoms with van der Waals surface area (Å²) in [6.07, 6.45) is 5.85. The van der Waals surface area contributed by atoms with Crippen molar-refractivity contribution in [3.63, 3.8) is 0 Å². The van der Waals surface area contributed by atoms with Crippen molar-refractivity contribution in [3.8, 4) is 11.5 Å². The van der Waals surface area contributed by atoms with Crippen molar-refractivity contribution in [1.82, 2.24) is 29.4 Å². The van der Waals surface area contributed by atoms with E-state index in [9.17, 15) is 4.79 Å². The van der Waals surface area contributed by atoms with Gasteiger partial charge in [-0.1, -0.05) is 29.5 Å². The van der Waals surface area contributed by atoms with Gasteiger partial charge in [0, 0.05) is 37.0 Å². The molecule has 1 saturated heterocycles. The Morgan fingerprint density at radius 2 is 1.88 bits per heavy atom. The highest BCUT2D eigenvalue weighted by Gasteiger charge is 2.27. The van der Waals surface area contributed by atoms with Gasteiger partial charge in [0.2, 0.25) is 5.91 Å². The average molecular weight is 461 g/mol. The second-order valence-corrected chi connectivity index (χ2v) is 8.46. The molecule has 1 amide bonds. The number of benzene rings is 2. The molecule has 34 heavy (non-hydrogen) atoms. The van der Waals surface area contributed by atoms with Crippen LogP contribution >= 0.6 is 0 Å². The average Bonchev–Trinajstić information content (AvgIpc) is 3.51. The summed E-state index contributed by atoms with van der Waals surface area (Å²) in [7, 11) is 3.20. The SMILES string of the molecule is COc1cccc(CC(=O)N2CCC(c3nccn3Cn3nnc4ccccc43)CC2)c1OC. The molecule has 0 aliphatic carbocycles. The van der Waals surface area contributed by atoms with Crippen LogP contribution in [-0.2, 0) is 17.9 Å². The normalized spacial score (nSPS) is 14.5. The molecular weight excluding hydrogens is 432 g/mol. The Balaban J connectivity index is 1.23. The van der Waals surface area contributed by atoms with Crippen LogP contribution in [-0.4, -0.2) is 62.7 Å². The number of hydrogen-bond donors (Lipinski definition) is 0. The van der Waals surface area contributed by atoms with Gasteiger partial charge in [0.15, 0.2) is 11.5 Å². The lowest BCUT2D eigenvalue weighted by molar-refractivity contribution is -0.131. The number of likely N-dealkylation sites (tertiary alicyclic amines) is 1. The maximum absolute atomic E-state index is 13.0. The molecule has 2 aromatic heterocycles. The molecule has 1 aliphatic rings. The largest absolute Gasteiger partial charge is 0.493 e. The van der Waals surface area contributed by atoms with Gasteiger partial charge in [0.25, 0.3) is 0 Å². The fraction of sp³-hybridized carbons (Fsp3) is 0.360. The summed E-state index contributed by atoms with van der Waals surface area (Å²) in [6, 6.07) is 13.6. The Kier molecular flexibility index (Phi) is 6.16. The van der Waals surface area contributed by atoms with Gasteiger partial charge in [0.05, 0.1) is 26.2 Å². The highest BCUT2D eigenvalue weighted by atomic mass is 16.5. The number of ether oxygens (including phenoxy) is 2. The maximum Gasteiger partial charge on any atom is 0.227 e. The van der Waals surface area contributed by atoms with Gasteiger partial charge >= 0.3 is 0 Å². The smallest absolute Gasteiger partial charge is 0.227 e. The van der Waals surface area contributed by atoms with Gasteiger partial charge in [-0.25, -0.2) is 9.67 Å². The van der Waals surface area contributed by atoms with Crippen molar-refractivity contribution < 1.29 is 14.3 Å². The van der Waals surface area contributed by atoms with Crippen molar-refractivity contribution in [2.24, 2.45) is 0 Å². The number of carbonyl (C=O) groups is 1. The molecule has 0 bridgehead atoms. The van der Waals surface area contributed by atoms with Gasteiger partial charge in [0.1, 0.15) is 18.0 Å². The summed E-state index contributed by atoms with van der Waals surface area (Å²) in [5, 5.41) is 8.55. The van der Waals surface area contributed by atoms with Crippen molar-refractivity contribution in [1.29, 1.82) is 0 Å². The standard InChI is InChI=1S/C25H28N6O3/c1-33-22-9-5-6-19(24(22)34-2)16-23(32)29-13-10-18(11-14-29)25-26-12-15-30(25)17-31-21-8-4-3-7-20(21)27-28-31/h3-9,12,15,18H,10-11,13-14,16-17H2,1-2H3. The van der Waals surface area contributed by atoms with E-state index >= 15 is 0 Å². The predicted octanol–water partition coefficient (Wildman–Crippen LogP) is 3.10. The molecule has 5 rings (SSSR count). The van der Waals surface area contributed by atoms with E-state index < -0.39 is 0 Å². The zero-order valence-electron chi connectivity index (χ0n) is 19.4. The van der Waals surface area contributed by atoms with Gasteiger partial charge in [-0.15, -0.1) is 5.10 Å². The topological polar surface area (TPSA) is 87.3 Å². The fourth-order valence-corrected chi connectivity index (χ4v) is 4.72. The summed E-state index contributed by atoms with van der Waals surface area (Å²) in [5.41, 5.74) is 2.71. The van der Waals surface area contributed by atoms with Crippen LogP contribution in [0.1, 0.15) is 30.1 Å². The molecule has 4 aromatic rings. The molecule has 9 heteroatoms. The zero-order valence-corrected chi connectivity index (χ0v) is 19.4. The van der Waals surface area contributed by atoms with Crippen molar-refractivity contribution in [3.05, 3.63) is 66.2 Å². The fourth-order valence-electron chi connectivity index (χ4n) is 4.72. The lowest BCUT2D eigenvalue weighted by atomic mass is 9.95. The lowest BCUT2D eigenvalue weighted by Gasteiger charge is -2.32. The quantitative estimate of drug-likeness (QED) is 0.421. The summed E-state index contributed by atoms with van der Waals surface area (Å²) in [6.45, 7) is 1.97. The molecule has 0 saturated carbocycles. The highest BCUT2D eigenvalue weighted by Crippen LogP contribution is 2.32. The molecule has 0 radical (unpaired) electrons. The van der Waals surface area contributed by atoms with Crippen LogP contribution in [0.5, 0.6) is 11.5 Å². The second kappa shape index (κ2) is 9.54. The molecule has 0 N–H and O–H groups in total. The Morgan fingerprint density at radius 3 is 2.68 bits per heavy atom. The second-order valence-electron chi connectivity index (χ2n) is 8.46. The van der Waals surface area contributed by atoms with Crippen LogP contribution in [0.3, 0.4) is 0 Å². The van der Waals surface area contributed by atoms with E-state index in [2.05, 4.69) is 19.9 Å². The third-order valence-electron chi connectivity index (χ3n) is 6.49. The molecule has 2 aromatic carbocycles. The van der Waals surface area contributed by atoms with E-state index in [1.165, 1.54) is 0 Å². The third kappa shape index (κ3) is 4.21. The monoisotopic (exact) mass is 460 g/mol. The number of piperidine rings is 1. The lowest BCUT2D eigenvalue weighted by Crippen LogP contribution is -2.39. The number of methoxy groups -OCH3 is 2. The molecule has 1 aliphatic heterocycles. The van der Waals surface area contributed by atoms with Crippen molar-refractivity contribution in [2.45, 2.75) is 31.8 Å². The Hall–Kier alpha value is -3.88. The molecule has 9 nitrogen and oxygen atoms in total. The molecular formula is C25H28N6O3. The number of carbonyl (C=O) groups excluding carboxylic acids is 1. The van der Waals surface area contributed by atoms with Crippen LogP contribution in [0.2, 0.25) is 0 Å². The maximum atomic E-state index is 13.0. The van der Waals surface area contributed by atoms with E-state index in [0.717, 1.165) is 35.3 Å². The molecule has 0 spiro atoms. The van der Waals surface area contributed by atoms with Gasteiger partial charge < -0.3 is 18.9 Å². The van der Waals surface area contributed by atoms with E-state index in [0.29, 0.717) is 43.6 Å². The van der Waals surface area contributed by atoms with E-state index in [1.54, 1.807) is 14.2 Å². The summed E-state index contributed by atoms with van der Waals surface area (Å²) >= 11 is 0. The number of nitrogens with zero attached hydrogens (tertiary/aromatic N) is 6. The number of hydrogen-bond acceptors (Lipinski definition) is 6. The zero-order chi connectivity index (χ0) is 23.5. The number of aromatic nitrogens is 5. The molecule has 0 atom stereocenters. The van der Waals surface area contributed by atoms with E-state index in [-0.39, 0.29) is 5.91 Å². The van der Waals surface area contributed by atoms with Crippen LogP contribution < -0.4 is 9.47 Å². The number of imidazole rings is 1. The first-order valence-corrected chi connectivity index (χ1v) is 11.4. The summed E-state index contributed by atoms with van der Waals surface area (Å²) in [5.74, 6) is 2.68. The van der Waals surface area contributed by atoms with Crippen LogP contribution in [0.25, 0.3) is 11.0 Å². The minimum atomic E-state index is 0.0995. The summed E-state index contributed by atoms with van der Waals surface area (Å²) < 4.78 is 14.9. The minimum Gasteiger partial charge on any atom is -0.493 e. The Morgan fingerprint density at radius 1 is 1.06 bits per heavy atom. The molecule has 0 unspecified atom stereocenters. The van der Waals surface area contributed by atoms with Crippen LogP contribution in [0.4, 0.5) is 0 Å². The molecule has 3 heterocycles. The first-order chi connectivity index (χ1) is 16.7. The number of rotatable bonds is 7. The first-order valence-electron chi connectivity index (χ1n) is 11.4. The van der Waals surface area contributed by atoms with E-state index in [1.807, 2.05) is 64.4 Å². The number of amides is 1. The first kappa shape index (κ1) is 21.9. The Bertz CT molecular complexity index is 1290. The molecule has 176 valence electrons. The highest BCUT2D eigenvalue weighted by molar-refractivity contribution is 5.80. The summed E-state index contributed by atoms with van der Waals surface area (Å²) in [4.78, 5) is 19.6. The van der Waals surface area contributed by atoms with E-state index in [4.69, 9.17) is 9.47 Å². The predicted molar refractivity (Wildman–Crippen MR) is 127 cm³/mol. The van der Waals surface area contributed by atoms with Gasteiger partial charge in [-0.2, -0.15) is 0 Å². The minimum absolute atomic E-state index is 0.0995. The number of fused-ring (bicyclic) bond motifs is 1. The molecule has 1 fully saturated rings. The third-order valence-corrected chi connectivity index (χ3v) is 6.49. The van der Waals surface area contributed by atoms with Gasteiger partial charge in [-0.05, 0) is 31.0 Å². The van der Waals surface area contributed by atoms with Gasteiger partial charge in [-0.3, -0.25) is 4.79 Å². The van der Waals surface area contributed by atoms with Crippen molar-refractivity contribution >= 4 is 16.9 Å².